The van der Waals surface area contributed by atoms with E-state index < -0.39 is 5.54 Å². The van der Waals surface area contributed by atoms with Crippen LogP contribution in [0.3, 0.4) is 0 Å². The molecule has 1 heterocycles. The van der Waals surface area contributed by atoms with Gasteiger partial charge in [0.25, 0.3) is 0 Å². The SMILES string of the molecule is CCOC(=O)C1(NC)CCC(N2CCC(OC)CC2)C1. The summed E-state index contributed by atoms with van der Waals surface area (Å²) in [6.07, 6.45) is 5.40. The predicted molar refractivity (Wildman–Crippen MR) is 77.7 cm³/mol. The zero-order chi connectivity index (χ0) is 14.6. The summed E-state index contributed by atoms with van der Waals surface area (Å²) in [5.41, 5.74) is -0.473. The zero-order valence-electron chi connectivity index (χ0n) is 13.0. The summed E-state index contributed by atoms with van der Waals surface area (Å²) in [6, 6.07) is 0.490. The molecule has 2 unspecified atom stereocenters. The third kappa shape index (κ3) is 3.15. The second-order valence-electron chi connectivity index (χ2n) is 5.92. The van der Waals surface area contributed by atoms with Gasteiger partial charge in [0.1, 0.15) is 5.54 Å². The quantitative estimate of drug-likeness (QED) is 0.768. The number of carbonyl (C=O) groups excluding carboxylic acids is 1. The molecule has 0 spiro atoms. The van der Waals surface area contributed by atoms with Crippen molar-refractivity contribution in [2.75, 3.05) is 33.9 Å². The summed E-state index contributed by atoms with van der Waals surface area (Å²) in [7, 11) is 3.67. The Bertz CT molecular complexity index is 329. The molecule has 2 rings (SSSR count). The van der Waals surface area contributed by atoms with Crippen LogP contribution in [0.1, 0.15) is 39.0 Å². The van der Waals surface area contributed by atoms with Gasteiger partial charge in [0.05, 0.1) is 12.7 Å². The van der Waals surface area contributed by atoms with Crippen molar-refractivity contribution in [1.82, 2.24) is 10.2 Å². The van der Waals surface area contributed by atoms with Gasteiger partial charge in [-0.15, -0.1) is 0 Å². The van der Waals surface area contributed by atoms with Crippen molar-refractivity contribution in [3.8, 4) is 0 Å². The fourth-order valence-corrected chi connectivity index (χ4v) is 3.59. The van der Waals surface area contributed by atoms with E-state index in [9.17, 15) is 4.79 Å². The number of rotatable bonds is 5. The van der Waals surface area contributed by atoms with Gasteiger partial charge in [-0.25, -0.2) is 0 Å². The minimum absolute atomic E-state index is 0.0863. The highest BCUT2D eigenvalue weighted by Crippen LogP contribution is 2.35. The van der Waals surface area contributed by atoms with E-state index in [1.807, 2.05) is 14.0 Å². The standard InChI is InChI=1S/C15H28N2O3/c1-4-20-14(18)15(16-2)8-5-12(11-15)17-9-6-13(19-3)7-10-17/h12-13,16H,4-11H2,1-3H3. The molecule has 0 radical (unpaired) electrons. The molecule has 1 saturated carbocycles. The molecule has 1 N–H and O–H groups in total. The highest BCUT2D eigenvalue weighted by atomic mass is 16.5. The predicted octanol–water partition coefficient (Wildman–Crippen LogP) is 1.17. The van der Waals surface area contributed by atoms with Crippen LogP contribution in [-0.4, -0.2) is 62.4 Å². The molecular formula is C15H28N2O3. The lowest BCUT2D eigenvalue weighted by molar-refractivity contribution is -0.151. The largest absolute Gasteiger partial charge is 0.465 e. The van der Waals surface area contributed by atoms with Crippen LogP contribution in [0.15, 0.2) is 0 Å². The van der Waals surface area contributed by atoms with Gasteiger partial charge in [0.15, 0.2) is 0 Å². The Hall–Kier alpha value is -0.650. The van der Waals surface area contributed by atoms with Gasteiger partial charge >= 0.3 is 5.97 Å². The molecule has 5 nitrogen and oxygen atoms in total. The fourth-order valence-electron chi connectivity index (χ4n) is 3.59. The highest BCUT2D eigenvalue weighted by Gasteiger charge is 2.47. The Morgan fingerprint density at radius 1 is 1.35 bits per heavy atom. The zero-order valence-corrected chi connectivity index (χ0v) is 13.0. The van der Waals surface area contributed by atoms with Crippen molar-refractivity contribution in [1.29, 1.82) is 0 Å². The smallest absolute Gasteiger partial charge is 0.326 e. The van der Waals surface area contributed by atoms with Crippen LogP contribution in [0.2, 0.25) is 0 Å². The van der Waals surface area contributed by atoms with Gasteiger partial charge in [-0.2, -0.15) is 0 Å². The highest BCUT2D eigenvalue weighted by molar-refractivity contribution is 5.81. The first-order chi connectivity index (χ1) is 9.65. The number of hydrogen-bond acceptors (Lipinski definition) is 5. The van der Waals surface area contributed by atoms with Crippen LogP contribution in [0.25, 0.3) is 0 Å². The van der Waals surface area contributed by atoms with E-state index in [4.69, 9.17) is 9.47 Å². The van der Waals surface area contributed by atoms with Crippen molar-refractivity contribution in [2.45, 2.75) is 56.7 Å². The van der Waals surface area contributed by atoms with Crippen molar-refractivity contribution in [3.05, 3.63) is 0 Å². The van der Waals surface area contributed by atoms with Gasteiger partial charge < -0.3 is 19.7 Å². The molecule has 1 saturated heterocycles. The number of hydrogen-bond donors (Lipinski definition) is 1. The molecule has 20 heavy (non-hydrogen) atoms. The second-order valence-corrected chi connectivity index (χ2v) is 5.92. The molecular weight excluding hydrogens is 256 g/mol. The third-order valence-electron chi connectivity index (χ3n) is 4.96. The van der Waals surface area contributed by atoms with Crippen molar-refractivity contribution >= 4 is 5.97 Å². The van der Waals surface area contributed by atoms with E-state index in [-0.39, 0.29) is 5.97 Å². The molecule has 1 aliphatic carbocycles. The van der Waals surface area contributed by atoms with Crippen LogP contribution >= 0.6 is 0 Å². The number of nitrogens with one attached hydrogen (secondary N) is 1. The summed E-state index contributed by atoms with van der Waals surface area (Å²) < 4.78 is 10.7. The van der Waals surface area contributed by atoms with Gasteiger partial charge in [-0.1, -0.05) is 0 Å². The lowest BCUT2D eigenvalue weighted by Gasteiger charge is -2.36. The normalized spacial score (nSPS) is 32.5. The lowest BCUT2D eigenvalue weighted by atomic mass is 9.97. The minimum atomic E-state index is -0.473. The van der Waals surface area contributed by atoms with Crippen molar-refractivity contribution in [3.63, 3.8) is 0 Å². The maximum Gasteiger partial charge on any atom is 0.326 e. The van der Waals surface area contributed by atoms with E-state index in [1.54, 1.807) is 7.11 Å². The molecule has 0 aromatic heterocycles. The first-order valence-corrected chi connectivity index (χ1v) is 7.78. The van der Waals surface area contributed by atoms with E-state index >= 15 is 0 Å². The minimum Gasteiger partial charge on any atom is -0.465 e. The van der Waals surface area contributed by atoms with Gasteiger partial charge in [-0.3, -0.25) is 4.79 Å². The fraction of sp³-hybridized carbons (Fsp3) is 0.933. The summed E-state index contributed by atoms with van der Waals surface area (Å²) in [4.78, 5) is 14.7. The number of piperidine rings is 1. The van der Waals surface area contributed by atoms with E-state index in [0.717, 1.165) is 45.2 Å². The topological polar surface area (TPSA) is 50.8 Å². The molecule has 0 aromatic rings. The van der Waals surface area contributed by atoms with Crippen LogP contribution < -0.4 is 5.32 Å². The lowest BCUT2D eigenvalue weighted by Crippen LogP contribution is -2.51. The monoisotopic (exact) mass is 284 g/mol. The second kappa shape index (κ2) is 6.87. The first kappa shape index (κ1) is 15.7. The molecule has 2 fully saturated rings. The average molecular weight is 284 g/mol. The van der Waals surface area contributed by atoms with Crippen LogP contribution in [0.4, 0.5) is 0 Å². The summed E-state index contributed by atoms with van der Waals surface area (Å²) in [5.74, 6) is -0.0863. The van der Waals surface area contributed by atoms with E-state index in [2.05, 4.69) is 10.2 Å². The molecule has 116 valence electrons. The number of methoxy groups -OCH3 is 1. The summed E-state index contributed by atoms with van der Waals surface area (Å²) in [5, 5.41) is 3.23. The molecule has 0 amide bonds. The molecule has 2 atom stereocenters. The number of esters is 1. The molecule has 2 aliphatic rings. The van der Waals surface area contributed by atoms with Crippen molar-refractivity contribution in [2.24, 2.45) is 0 Å². The molecule has 0 bridgehead atoms. The summed E-state index contributed by atoms with van der Waals surface area (Å²) >= 11 is 0. The van der Waals surface area contributed by atoms with Crippen molar-refractivity contribution < 1.29 is 14.3 Å². The maximum atomic E-state index is 12.2. The number of nitrogens with zero attached hydrogens (tertiary/aromatic N) is 1. The Morgan fingerprint density at radius 2 is 2.05 bits per heavy atom. The van der Waals surface area contributed by atoms with Gasteiger partial charge in [0.2, 0.25) is 0 Å². The molecule has 5 heteroatoms. The van der Waals surface area contributed by atoms with Gasteiger partial charge in [0, 0.05) is 26.2 Å². The molecule has 0 aromatic carbocycles. The average Bonchev–Trinajstić information content (AvgIpc) is 2.93. The number of carbonyl (C=O) groups is 1. The maximum absolute atomic E-state index is 12.2. The van der Waals surface area contributed by atoms with E-state index in [1.165, 1.54) is 0 Å². The van der Waals surface area contributed by atoms with Crippen LogP contribution in [0, 0.1) is 0 Å². The number of ether oxygens (including phenoxy) is 2. The summed E-state index contributed by atoms with van der Waals surface area (Å²) in [6.45, 7) is 4.47. The van der Waals surface area contributed by atoms with Gasteiger partial charge in [-0.05, 0) is 46.1 Å². The van der Waals surface area contributed by atoms with Crippen LogP contribution in [-0.2, 0) is 14.3 Å². The Morgan fingerprint density at radius 3 is 2.60 bits per heavy atom. The number of likely N-dealkylation sites (N-methyl/N-ethyl adjacent to an activating group) is 1. The van der Waals surface area contributed by atoms with E-state index in [0.29, 0.717) is 18.8 Å². The molecule has 1 aliphatic heterocycles. The Kier molecular flexibility index (Phi) is 5.41. The third-order valence-corrected chi connectivity index (χ3v) is 4.96. The Labute approximate surface area is 122 Å². The van der Waals surface area contributed by atoms with Crippen LogP contribution in [0.5, 0.6) is 0 Å². The Balaban J connectivity index is 1.92. The first-order valence-electron chi connectivity index (χ1n) is 7.78. The number of likely N-dealkylation sites (tertiary alicyclic amines) is 1.